The maximum atomic E-state index is 12.0. The van der Waals surface area contributed by atoms with Gasteiger partial charge in [-0.05, 0) is 37.5 Å². The number of rotatable bonds is 3. The average molecular weight is 267 g/mol. The van der Waals surface area contributed by atoms with E-state index in [1.807, 2.05) is 0 Å². The highest BCUT2D eigenvalue weighted by atomic mass is 16.5. The van der Waals surface area contributed by atoms with Crippen LogP contribution >= 0.6 is 0 Å². The van der Waals surface area contributed by atoms with Crippen LogP contribution in [0.3, 0.4) is 0 Å². The summed E-state index contributed by atoms with van der Waals surface area (Å²) in [6.07, 6.45) is 4.58. The van der Waals surface area contributed by atoms with Crippen molar-refractivity contribution in [2.45, 2.75) is 38.1 Å². The molecule has 3 fully saturated rings. The smallest absolute Gasteiger partial charge is 0.308 e. The molecule has 0 aromatic carbocycles. The van der Waals surface area contributed by atoms with Gasteiger partial charge in [0.25, 0.3) is 0 Å². The van der Waals surface area contributed by atoms with Gasteiger partial charge in [0.1, 0.15) is 0 Å². The van der Waals surface area contributed by atoms with Gasteiger partial charge in [0.2, 0.25) is 5.91 Å². The molecule has 1 atom stereocenters. The first kappa shape index (κ1) is 12.9. The molecule has 2 saturated carbocycles. The van der Waals surface area contributed by atoms with E-state index in [-0.39, 0.29) is 35.2 Å². The topological polar surface area (TPSA) is 64.6 Å². The molecule has 1 heterocycles. The Balaban J connectivity index is 1.41. The van der Waals surface area contributed by atoms with E-state index in [9.17, 15) is 9.59 Å². The van der Waals surface area contributed by atoms with E-state index >= 15 is 0 Å². The second-order valence-electron chi connectivity index (χ2n) is 6.30. The monoisotopic (exact) mass is 267 g/mol. The Morgan fingerprint density at radius 3 is 2.47 bits per heavy atom. The van der Waals surface area contributed by atoms with Gasteiger partial charge >= 0.3 is 5.97 Å². The molecule has 1 N–H and O–H groups in total. The van der Waals surface area contributed by atoms with Crippen LogP contribution in [0.2, 0.25) is 0 Å². The fourth-order valence-corrected chi connectivity index (χ4v) is 3.79. The van der Waals surface area contributed by atoms with E-state index in [1.54, 1.807) is 0 Å². The Labute approximate surface area is 113 Å². The van der Waals surface area contributed by atoms with Crippen molar-refractivity contribution in [2.75, 3.05) is 20.3 Å². The Hall–Kier alpha value is -1.10. The van der Waals surface area contributed by atoms with Gasteiger partial charge in [-0.2, -0.15) is 0 Å². The average Bonchev–Trinajstić information content (AvgIpc) is 2.77. The molecular weight excluding hydrogens is 246 g/mol. The molecule has 0 aromatic rings. The van der Waals surface area contributed by atoms with Crippen LogP contribution in [0.4, 0.5) is 0 Å². The Kier molecular flexibility index (Phi) is 3.25. The van der Waals surface area contributed by atoms with E-state index in [0.717, 1.165) is 38.7 Å². The second kappa shape index (κ2) is 4.78. The maximum absolute atomic E-state index is 12.0. The first-order valence-corrected chi connectivity index (χ1v) is 7.08. The third-order valence-electron chi connectivity index (χ3n) is 4.90. The van der Waals surface area contributed by atoms with Crippen molar-refractivity contribution in [1.82, 2.24) is 5.32 Å². The summed E-state index contributed by atoms with van der Waals surface area (Å²) in [5, 5.41) is 3.06. The summed E-state index contributed by atoms with van der Waals surface area (Å²) >= 11 is 0. The van der Waals surface area contributed by atoms with Crippen molar-refractivity contribution in [3.63, 3.8) is 0 Å². The molecule has 0 aromatic heterocycles. The lowest BCUT2D eigenvalue weighted by Gasteiger charge is -2.56. The van der Waals surface area contributed by atoms with Gasteiger partial charge in [0.15, 0.2) is 0 Å². The highest BCUT2D eigenvalue weighted by molar-refractivity contribution is 5.81. The second-order valence-corrected chi connectivity index (χ2v) is 6.30. The minimum atomic E-state index is -0.0957. The SMILES string of the molecule is COC(=O)C1CC2(CC(C(=O)NC3CCOC3)C2)C1. The van der Waals surface area contributed by atoms with Crippen LogP contribution in [0, 0.1) is 17.3 Å². The van der Waals surface area contributed by atoms with E-state index in [1.165, 1.54) is 7.11 Å². The first-order chi connectivity index (χ1) is 9.12. The Bertz CT molecular complexity index is 375. The molecule has 5 nitrogen and oxygen atoms in total. The van der Waals surface area contributed by atoms with Gasteiger partial charge in [0, 0.05) is 12.5 Å². The number of carbonyl (C=O) groups is 2. The molecule has 1 spiro atoms. The Morgan fingerprint density at radius 1 is 1.21 bits per heavy atom. The van der Waals surface area contributed by atoms with Gasteiger partial charge in [0.05, 0.1) is 25.7 Å². The number of carbonyl (C=O) groups excluding carboxylic acids is 2. The zero-order valence-electron chi connectivity index (χ0n) is 11.3. The molecule has 1 amide bonds. The molecule has 0 radical (unpaired) electrons. The molecule has 1 unspecified atom stereocenters. The van der Waals surface area contributed by atoms with Crippen LogP contribution in [0.5, 0.6) is 0 Å². The fourth-order valence-electron chi connectivity index (χ4n) is 3.79. The minimum Gasteiger partial charge on any atom is -0.469 e. The number of nitrogens with one attached hydrogen (secondary N) is 1. The third kappa shape index (κ3) is 2.36. The fraction of sp³-hybridized carbons (Fsp3) is 0.857. The molecule has 1 aliphatic heterocycles. The number of ether oxygens (including phenoxy) is 2. The number of amides is 1. The molecular formula is C14H21NO4. The van der Waals surface area contributed by atoms with Crippen molar-refractivity contribution < 1.29 is 19.1 Å². The van der Waals surface area contributed by atoms with Gasteiger partial charge in [-0.1, -0.05) is 0 Å². The van der Waals surface area contributed by atoms with Crippen molar-refractivity contribution in [1.29, 1.82) is 0 Å². The lowest BCUT2D eigenvalue weighted by Crippen LogP contribution is -2.54. The highest BCUT2D eigenvalue weighted by Crippen LogP contribution is 2.61. The predicted octanol–water partition coefficient (Wildman–Crippen LogP) is 0.871. The largest absolute Gasteiger partial charge is 0.469 e. The Morgan fingerprint density at radius 2 is 1.89 bits per heavy atom. The van der Waals surface area contributed by atoms with E-state index in [0.29, 0.717) is 6.61 Å². The molecule has 0 bridgehead atoms. The van der Waals surface area contributed by atoms with Gasteiger partial charge in [-0.3, -0.25) is 9.59 Å². The quantitative estimate of drug-likeness (QED) is 0.771. The minimum absolute atomic E-state index is 0.0669. The molecule has 19 heavy (non-hydrogen) atoms. The van der Waals surface area contributed by atoms with Crippen LogP contribution < -0.4 is 5.32 Å². The summed E-state index contributed by atoms with van der Waals surface area (Å²) < 4.78 is 10.00. The van der Waals surface area contributed by atoms with E-state index in [4.69, 9.17) is 9.47 Å². The number of methoxy groups -OCH3 is 1. The molecule has 106 valence electrons. The maximum Gasteiger partial charge on any atom is 0.308 e. The van der Waals surface area contributed by atoms with Crippen molar-refractivity contribution >= 4 is 11.9 Å². The van der Waals surface area contributed by atoms with Crippen LogP contribution in [0.25, 0.3) is 0 Å². The lowest BCUT2D eigenvalue weighted by molar-refractivity contribution is -0.164. The predicted molar refractivity (Wildman–Crippen MR) is 67.3 cm³/mol. The molecule has 3 aliphatic rings. The summed E-state index contributed by atoms with van der Waals surface area (Å²) in [5.41, 5.74) is 0.257. The lowest BCUT2D eigenvalue weighted by atomic mass is 9.48. The zero-order chi connectivity index (χ0) is 13.5. The van der Waals surface area contributed by atoms with E-state index in [2.05, 4.69) is 5.32 Å². The summed E-state index contributed by atoms with van der Waals surface area (Å²) in [6.45, 7) is 1.40. The molecule has 5 heteroatoms. The first-order valence-electron chi connectivity index (χ1n) is 7.08. The van der Waals surface area contributed by atoms with Crippen LogP contribution in [0.1, 0.15) is 32.1 Å². The third-order valence-corrected chi connectivity index (χ3v) is 4.90. The van der Waals surface area contributed by atoms with Crippen molar-refractivity contribution in [3.8, 4) is 0 Å². The van der Waals surface area contributed by atoms with Crippen molar-refractivity contribution in [3.05, 3.63) is 0 Å². The molecule has 2 aliphatic carbocycles. The number of esters is 1. The summed E-state index contributed by atoms with van der Waals surface area (Å²) in [6, 6.07) is 0.202. The highest BCUT2D eigenvalue weighted by Gasteiger charge is 2.56. The summed E-state index contributed by atoms with van der Waals surface area (Å²) in [7, 11) is 1.44. The number of hydrogen-bond acceptors (Lipinski definition) is 4. The summed E-state index contributed by atoms with van der Waals surface area (Å²) in [5.74, 6) is 0.278. The summed E-state index contributed by atoms with van der Waals surface area (Å²) in [4.78, 5) is 23.4. The van der Waals surface area contributed by atoms with Gasteiger partial charge in [-0.25, -0.2) is 0 Å². The van der Waals surface area contributed by atoms with Crippen LogP contribution in [-0.4, -0.2) is 38.2 Å². The zero-order valence-corrected chi connectivity index (χ0v) is 11.3. The van der Waals surface area contributed by atoms with Gasteiger partial charge in [-0.15, -0.1) is 0 Å². The van der Waals surface area contributed by atoms with Crippen LogP contribution in [-0.2, 0) is 19.1 Å². The van der Waals surface area contributed by atoms with E-state index < -0.39 is 0 Å². The van der Waals surface area contributed by atoms with Crippen LogP contribution in [0.15, 0.2) is 0 Å². The normalized spacial score (nSPS) is 40.4. The standard InChI is InChI=1S/C14H21NO4/c1-18-13(17)10-6-14(7-10)4-9(5-14)12(16)15-11-2-3-19-8-11/h9-11H,2-8H2,1H3,(H,15,16). The molecule has 3 rings (SSSR count). The van der Waals surface area contributed by atoms with Gasteiger partial charge < -0.3 is 14.8 Å². The number of hydrogen-bond donors (Lipinski definition) is 1. The molecule has 1 saturated heterocycles. The van der Waals surface area contributed by atoms with Crippen molar-refractivity contribution in [2.24, 2.45) is 17.3 Å².